The number of nitro benzene ring substituents is 1. The zero-order valence-corrected chi connectivity index (χ0v) is 13.8. The fourth-order valence-corrected chi connectivity index (χ4v) is 2.24. The Morgan fingerprint density at radius 3 is 2.36 bits per heavy atom. The fraction of sp³-hybridized carbons (Fsp3) is 0.118. The number of ether oxygens (including phenoxy) is 1. The number of nitrogens with zero attached hydrogens (tertiary/aromatic N) is 1. The molecular weight excluding hydrogens is 350 g/mol. The summed E-state index contributed by atoms with van der Waals surface area (Å²) in [6.07, 6.45) is 0. The number of hydrogen-bond acceptors (Lipinski definition) is 6. The van der Waals surface area contributed by atoms with Crippen LogP contribution in [-0.2, 0) is 9.53 Å². The number of hydrogen-bond donors (Lipinski definition) is 0. The normalized spacial score (nSPS) is 10.2. The van der Waals surface area contributed by atoms with E-state index in [2.05, 4.69) is 0 Å². The molecule has 2 aromatic rings. The zero-order chi connectivity index (χ0) is 18.6. The van der Waals surface area contributed by atoms with E-state index in [0.29, 0.717) is 0 Å². The Morgan fingerprint density at radius 2 is 1.76 bits per heavy atom. The van der Waals surface area contributed by atoms with E-state index >= 15 is 0 Å². The number of benzene rings is 2. The number of ketones is 2. The van der Waals surface area contributed by atoms with Crippen molar-refractivity contribution in [1.82, 2.24) is 0 Å². The summed E-state index contributed by atoms with van der Waals surface area (Å²) in [7, 11) is 0. The van der Waals surface area contributed by atoms with Crippen LogP contribution in [0.4, 0.5) is 5.69 Å². The molecule has 0 fully saturated rings. The molecule has 128 valence electrons. The van der Waals surface area contributed by atoms with Gasteiger partial charge < -0.3 is 4.74 Å². The van der Waals surface area contributed by atoms with Crippen molar-refractivity contribution in [2.24, 2.45) is 0 Å². The average Bonchev–Trinajstić information content (AvgIpc) is 2.59. The summed E-state index contributed by atoms with van der Waals surface area (Å²) in [6.45, 7) is 0.852. The molecule has 0 aliphatic rings. The number of Topliss-reactive ketones (excluding diaryl/α,β-unsaturated/α-hetero) is 1. The van der Waals surface area contributed by atoms with Gasteiger partial charge >= 0.3 is 5.97 Å². The smallest absolute Gasteiger partial charge is 0.339 e. The SMILES string of the molecule is CC(=O)COC(=O)c1ccccc1C(=O)c1ccc(Cl)c([N+](=O)[O-])c1. The summed E-state index contributed by atoms with van der Waals surface area (Å²) in [4.78, 5) is 45.9. The molecule has 0 aliphatic heterocycles. The molecule has 0 aliphatic carbocycles. The highest BCUT2D eigenvalue weighted by molar-refractivity contribution is 6.33. The van der Waals surface area contributed by atoms with E-state index in [9.17, 15) is 24.5 Å². The summed E-state index contributed by atoms with van der Waals surface area (Å²) < 4.78 is 4.83. The van der Waals surface area contributed by atoms with Crippen LogP contribution in [0.3, 0.4) is 0 Å². The molecule has 2 rings (SSSR count). The molecular formula is C17H12ClNO6. The topological polar surface area (TPSA) is 104 Å². The summed E-state index contributed by atoms with van der Waals surface area (Å²) >= 11 is 5.74. The first-order valence-corrected chi connectivity index (χ1v) is 7.43. The van der Waals surface area contributed by atoms with Crippen molar-refractivity contribution >= 4 is 34.8 Å². The van der Waals surface area contributed by atoms with E-state index < -0.39 is 29.0 Å². The van der Waals surface area contributed by atoms with Gasteiger partial charge in [-0.3, -0.25) is 19.7 Å². The molecule has 0 saturated heterocycles. The molecule has 0 N–H and O–H groups in total. The van der Waals surface area contributed by atoms with Gasteiger partial charge in [-0.05, 0) is 25.1 Å². The van der Waals surface area contributed by atoms with Crippen LogP contribution in [0, 0.1) is 10.1 Å². The van der Waals surface area contributed by atoms with Gasteiger partial charge in [0.1, 0.15) is 11.6 Å². The number of halogens is 1. The lowest BCUT2D eigenvalue weighted by atomic mass is 9.98. The van der Waals surface area contributed by atoms with Crippen LogP contribution in [0.2, 0.25) is 5.02 Å². The Kier molecular flexibility index (Phi) is 5.61. The highest BCUT2D eigenvalue weighted by Gasteiger charge is 2.22. The molecule has 0 spiro atoms. The molecule has 25 heavy (non-hydrogen) atoms. The van der Waals surface area contributed by atoms with Crippen LogP contribution < -0.4 is 0 Å². The van der Waals surface area contributed by atoms with Crippen molar-refractivity contribution in [2.75, 3.05) is 6.61 Å². The van der Waals surface area contributed by atoms with Gasteiger partial charge in [-0.15, -0.1) is 0 Å². The minimum Gasteiger partial charge on any atom is -0.454 e. The predicted molar refractivity (Wildman–Crippen MR) is 88.9 cm³/mol. The molecule has 0 amide bonds. The second-order valence-corrected chi connectivity index (χ2v) is 5.48. The lowest BCUT2D eigenvalue weighted by molar-refractivity contribution is -0.384. The Hall–Kier alpha value is -3.06. The standard InChI is InChI=1S/C17H12ClNO6/c1-10(20)9-25-17(22)13-5-3-2-4-12(13)16(21)11-6-7-14(18)15(8-11)19(23)24/h2-8H,9H2,1H3. The van der Waals surface area contributed by atoms with E-state index in [4.69, 9.17) is 16.3 Å². The van der Waals surface area contributed by atoms with E-state index in [1.807, 2.05) is 0 Å². The fourth-order valence-electron chi connectivity index (χ4n) is 2.05. The Balaban J connectivity index is 2.41. The van der Waals surface area contributed by atoms with Crippen LogP contribution in [0.5, 0.6) is 0 Å². The lowest BCUT2D eigenvalue weighted by Gasteiger charge is -2.08. The number of esters is 1. The van der Waals surface area contributed by atoms with Crippen molar-refractivity contribution in [1.29, 1.82) is 0 Å². The lowest BCUT2D eigenvalue weighted by Crippen LogP contribution is -2.15. The van der Waals surface area contributed by atoms with Crippen LogP contribution in [0.1, 0.15) is 33.2 Å². The van der Waals surface area contributed by atoms with E-state index in [0.717, 1.165) is 6.07 Å². The predicted octanol–water partition coefficient (Wildman–Crippen LogP) is 3.23. The van der Waals surface area contributed by atoms with Gasteiger partial charge in [0.05, 0.1) is 10.5 Å². The molecule has 0 atom stereocenters. The largest absolute Gasteiger partial charge is 0.454 e. The van der Waals surface area contributed by atoms with E-state index in [-0.39, 0.29) is 27.5 Å². The van der Waals surface area contributed by atoms with Gasteiger partial charge in [-0.2, -0.15) is 0 Å². The number of rotatable bonds is 6. The first-order chi connectivity index (χ1) is 11.8. The first kappa shape index (κ1) is 18.3. The summed E-state index contributed by atoms with van der Waals surface area (Å²) in [6, 6.07) is 9.46. The number of carbonyl (C=O) groups excluding carboxylic acids is 3. The third-order valence-corrected chi connectivity index (χ3v) is 3.52. The highest BCUT2D eigenvalue weighted by atomic mass is 35.5. The van der Waals surface area contributed by atoms with Gasteiger partial charge in [0.15, 0.2) is 11.6 Å². The summed E-state index contributed by atoms with van der Waals surface area (Å²) in [5.41, 5.74) is -0.439. The van der Waals surface area contributed by atoms with Gasteiger partial charge in [0.25, 0.3) is 5.69 Å². The van der Waals surface area contributed by atoms with Crippen LogP contribution in [0.15, 0.2) is 42.5 Å². The molecule has 0 unspecified atom stereocenters. The average molecular weight is 362 g/mol. The zero-order valence-electron chi connectivity index (χ0n) is 13.0. The number of nitro groups is 1. The minimum absolute atomic E-state index is 0.00270. The summed E-state index contributed by atoms with van der Waals surface area (Å²) in [5.74, 6) is -1.77. The molecule has 0 saturated carbocycles. The monoisotopic (exact) mass is 361 g/mol. The van der Waals surface area contributed by atoms with Crippen LogP contribution in [0.25, 0.3) is 0 Å². The maximum Gasteiger partial charge on any atom is 0.339 e. The maximum absolute atomic E-state index is 12.7. The summed E-state index contributed by atoms with van der Waals surface area (Å²) in [5, 5.41) is 10.9. The molecule has 0 bridgehead atoms. The quantitative estimate of drug-likeness (QED) is 0.338. The Bertz CT molecular complexity index is 877. The van der Waals surface area contributed by atoms with E-state index in [1.165, 1.54) is 37.3 Å². The molecule has 7 nitrogen and oxygen atoms in total. The molecule has 0 radical (unpaired) electrons. The van der Waals surface area contributed by atoms with Gasteiger partial charge in [-0.25, -0.2) is 4.79 Å². The maximum atomic E-state index is 12.7. The van der Waals surface area contributed by atoms with Gasteiger partial charge in [-0.1, -0.05) is 29.8 Å². The minimum atomic E-state index is -0.831. The first-order valence-electron chi connectivity index (χ1n) is 7.05. The van der Waals surface area contributed by atoms with Crippen molar-refractivity contribution < 1.29 is 24.0 Å². The van der Waals surface area contributed by atoms with Crippen molar-refractivity contribution in [2.45, 2.75) is 6.92 Å². The van der Waals surface area contributed by atoms with Crippen LogP contribution >= 0.6 is 11.6 Å². The van der Waals surface area contributed by atoms with Gasteiger partial charge in [0.2, 0.25) is 0 Å². The van der Waals surface area contributed by atoms with Crippen LogP contribution in [-0.4, -0.2) is 29.1 Å². The number of carbonyl (C=O) groups is 3. The third kappa shape index (κ3) is 4.27. The van der Waals surface area contributed by atoms with Crippen molar-refractivity contribution in [3.8, 4) is 0 Å². The Labute approximate surface area is 147 Å². The van der Waals surface area contributed by atoms with E-state index in [1.54, 1.807) is 6.07 Å². The molecule has 0 heterocycles. The van der Waals surface area contributed by atoms with Gasteiger partial charge in [0, 0.05) is 17.2 Å². The van der Waals surface area contributed by atoms with Crippen molar-refractivity contribution in [3.05, 3.63) is 74.3 Å². The third-order valence-electron chi connectivity index (χ3n) is 3.20. The molecule has 8 heteroatoms. The van der Waals surface area contributed by atoms with Crippen molar-refractivity contribution in [3.63, 3.8) is 0 Å². The molecule has 2 aromatic carbocycles. The highest BCUT2D eigenvalue weighted by Crippen LogP contribution is 2.27. The second-order valence-electron chi connectivity index (χ2n) is 5.08. The Morgan fingerprint density at radius 1 is 1.12 bits per heavy atom. The molecule has 0 aromatic heterocycles. The second kappa shape index (κ2) is 7.67.